The summed E-state index contributed by atoms with van der Waals surface area (Å²) >= 11 is 7.63. The highest BCUT2D eigenvalue weighted by Gasteiger charge is 2.15. The van der Waals surface area contributed by atoms with Gasteiger partial charge in [0.15, 0.2) is 10.8 Å². The van der Waals surface area contributed by atoms with Crippen molar-refractivity contribution in [2.24, 2.45) is 5.73 Å². The summed E-state index contributed by atoms with van der Waals surface area (Å²) in [6.07, 6.45) is 4.53. The van der Waals surface area contributed by atoms with Crippen LogP contribution in [0, 0.1) is 6.92 Å². The Morgan fingerprint density at radius 1 is 1.50 bits per heavy atom. The molecule has 0 radical (unpaired) electrons. The van der Waals surface area contributed by atoms with Gasteiger partial charge >= 0.3 is 0 Å². The fourth-order valence-electron chi connectivity index (χ4n) is 1.92. The summed E-state index contributed by atoms with van der Waals surface area (Å²) in [5.74, 6) is 0.808. The van der Waals surface area contributed by atoms with Crippen LogP contribution in [-0.4, -0.2) is 25.7 Å². The molecule has 3 aromatic rings. The van der Waals surface area contributed by atoms with Crippen molar-refractivity contribution >= 4 is 27.9 Å². The summed E-state index contributed by atoms with van der Waals surface area (Å²) in [7, 11) is 0. The van der Waals surface area contributed by atoms with Crippen molar-refractivity contribution in [2.45, 2.75) is 13.3 Å². The van der Waals surface area contributed by atoms with Gasteiger partial charge in [0.25, 0.3) is 0 Å². The summed E-state index contributed by atoms with van der Waals surface area (Å²) < 4.78 is 3.78. The van der Waals surface area contributed by atoms with Gasteiger partial charge in [0.2, 0.25) is 0 Å². The Morgan fingerprint density at radius 3 is 3.00 bits per heavy atom. The van der Waals surface area contributed by atoms with E-state index in [2.05, 4.69) is 14.5 Å². The number of halogens is 1. The lowest BCUT2D eigenvalue weighted by Gasteiger charge is -2.01. The van der Waals surface area contributed by atoms with E-state index < -0.39 is 0 Å². The summed E-state index contributed by atoms with van der Waals surface area (Å²) in [5, 5.41) is 7.02. The van der Waals surface area contributed by atoms with Crippen LogP contribution in [-0.2, 0) is 6.42 Å². The van der Waals surface area contributed by atoms with Crippen LogP contribution in [0.2, 0.25) is 5.02 Å². The van der Waals surface area contributed by atoms with Crippen molar-refractivity contribution in [1.29, 1.82) is 0 Å². The predicted octanol–water partition coefficient (Wildman–Crippen LogP) is 2.04. The molecule has 3 aromatic heterocycles. The van der Waals surface area contributed by atoms with Gasteiger partial charge < -0.3 is 5.73 Å². The first-order valence-corrected chi connectivity index (χ1v) is 6.83. The molecule has 0 amide bonds. The molecule has 0 saturated heterocycles. The molecular weight excluding hydrogens is 270 g/mol. The highest BCUT2D eigenvalue weighted by Crippen LogP contribution is 2.22. The lowest BCUT2D eigenvalue weighted by atomic mass is 10.3. The second-order valence-electron chi connectivity index (χ2n) is 3.98. The van der Waals surface area contributed by atoms with Crippen LogP contribution in [0.25, 0.3) is 10.8 Å². The minimum absolute atomic E-state index is 0.574. The van der Waals surface area contributed by atoms with Crippen molar-refractivity contribution in [3.8, 4) is 5.82 Å². The zero-order valence-corrected chi connectivity index (χ0v) is 11.4. The predicted molar refractivity (Wildman–Crippen MR) is 72.7 cm³/mol. The van der Waals surface area contributed by atoms with Gasteiger partial charge in [-0.1, -0.05) is 11.6 Å². The van der Waals surface area contributed by atoms with E-state index in [9.17, 15) is 0 Å². The molecule has 0 spiro atoms. The molecule has 0 unspecified atom stereocenters. The maximum atomic E-state index is 6.04. The number of aromatic nitrogens is 4. The average Bonchev–Trinajstić information content (AvgIpc) is 2.98. The molecule has 5 nitrogen and oxygen atoms in total. The molecule has 2 N–H and O–H groups in total. The Kier molecular flexibility index (Phi) is 2.85. The first-order valence-electron chi connectivity index (χ1n) is 5.57. The van der Waals surface area contributed by atoms with Gasteiger partial charge in [-0.3, -0.25) is 4.40 Å². The molecule has 0 aliphatic rings. The fourth-order valence-corrected chi connectivity index (χ4v) is 2.78. The first-order chi connectivity index (χ1) is 8.70. The third-order valence-corrected chi connectivity index (χ3v) is 3.90. The van der Waals surface area contributed by atoms with E-state index in [4.69, 9.17) is 17.3 Å². The average molecular weight is 282 g/mol. The lowest BCUT2D eigenvalue weighted by molar-refractivity contribution is 0.807. The van der Waals surface area contributed by atoms with E-state index in [0.717, 1.165) is 28.6 Å². The first kappa shape index (κ1) is 11.7. The maximum Gasteiger partial charge on any atom is 0.195 e. The Bertz CT molecular complexity index is 676. The minimum atomic E-state index is 0.574. The molecule has 7 heteroatoms. The summed E-state index contributed by atoms with van der Waals surface area (Å²) in [6.45, 7) is 2.45. The number of hydrogen-bond acceptors (Lipinski definition) is 4. The highest BCUT2D eigenvalue weighted by molar-refractivity contribution is 7.15. The van der Waals surface area contributed by atoms with Gasteiger partial charge in [0.1, 0.15) is 0 Å². The molecule has 3 rings (SSSR count). The molecule has 0 fully saturated rings. The Hall–Kier alpha value is -1.37. The van der Waals surface area contributed by atoms with E-state index in [1.165, 1.54) is 0 Å². The largest absolute Gasteiger partial charge is 0.330 e. The molecule has 3 heterocycles. The minimum Gasteiger partial charge on any atom is -0.330 e. The van der Waals surface area contributed by atoms with Crippen LogP contribution < -0.4 is 5.73 Å². The van der Waals surface area contributed by atoms with Gasteiger partial charge in [0, 0.05) is 18.0 Å². The van der Waals surface area contributed by atoms with Crippen LogP contribution >= 0.6 is 22.9 Å². The van der Waals surface area contributed by atoms with Crippen LogP contribution in [0.15, 0.2) is 17.8 Å². The van der Waals surface area contributed by atoms with Gasteiger partial charge in [-0.25, -0.2) is 4.68 Å². The molecule has 0 saturated carbocycles. The summed E-state index contributed by atoms with van der Waals surface area (Å²) in [5.41, 5.74) is 7.53. The molecule has 94 valence electrons. The number of nitrogens with two attached hydrogens (primary N) is 1. The van der Waals surface area contributed by atoms with E-state index in [1.54, 1.807) is 22.2 Å². The van der Waals surface area contributed by atoms with Crippen LogP contribution in [0.5, 0.6) is 0 Å². The van der Waals surface area contributed by atoms with Crippen molar-refractivity contribution in [2.75, 3.05) is 6.54 Å². The van der Waals surface area contributed by atoms with Crippen molar-refractivity contribution < 1.29 is 0 Å². The van der Waals surface area contributed by atoms with Crippen LogP contribution in [0.4, 0.5) is 0 Å². The molecule has 0 aromatic carbocycles. The highest BCUT2D eigenvalue weighted by atomic mass is 35.5. The topological polar surface area (TPSA) is 61.1 Å². The molecule has 0 aliphatic carbocycles. The second-order valence-corrected chi connectivity index (χ2v) is 5.26. The zero-order valence-electron chi connectivity index (χ0n) is 9.80. The van der Waals surface area contributed by atoms with E-state index in [-0.39, 0.29) is 0 Å². The number of fused-ring (bicyclic) bond motifs is 1. The summed E-state index contributed by atoms with van der Waals surface area (Å²) in [4.78, 5) is 5.53. The third-order valence-electron chi connectivity index (χ3n) is 2.78. The quantitative estimate of drug-likeness (QED) is 0.799. The monoisotopic (exact) mass is 281 g/mol. The van der Waals surface area contributed by atoms with Crippen LogP contribution in [0.3, 0.4) is 0 Å². The third kappa shape index (κ3) is 1.73. The van der Waals surface area contributed by atoms with Gasteiger partial charge in [-0.05, 0) is 13.5 Å². The molecule has 0 atom stereocenters. The van der Waals surface area contributed by atoms with Crippen molar-refractivity contribution in [1.82, 2.24) is 19.2 Å². The summed E-state index contributed by atoms with van der Waals surface area (Å²) in [6, 6.07) is 0. The number of hydrogen-bond donors (Lipinski definition) is 1. The number of rotatable bonds is 3. The SMILES string of the molecule is Cc1nn(-c2nc3sccn3c2CCN)cc1Cl. The van der Waals surface area contributed by atoms with Gasteiger partial charge in [-0.15, -0.1) is 11.3 Å². The lowest BCUT2D eigenvalue weighted by Crippen LogP contribution is -2.08. The van der Waals surface area contributed by atoms with E-state index >= 15 is 0 Å². The van der Waals surface area contributed by atoms with Crippen molar-refractivity contribution in [3.05, 3.63) is 34.2 Å². The Labute approximate surface area is 113 Å². The normalized spacial score (nSPS) is 11.5. The number of nitrogens with zero attached hydrogens (tertiary/aromatic N) is 4. The molecule has 0 aliphatic heterocycles. The smallest absolute Gasteiger partial charge is 0.195 e. The van der Waals surface area contributed by atoms with Gasteiger partial charge in [-0.2, -0.15) is 10.1 Å². The maximum absolute atomic E-state index is 6.04. The Morgan fingerprint density at radius 2 is 2.33 bits per heavy atom. The Balaban J connectivity index is 2.20. The standard InChI is InChI=1S/C11H12ClN5S/c1-7-8(12)6-17(15-7)10-9(2-3-13)16-4-5-18-11(16)14-10/h4-6H,2-3,13H2,1H3. The number of aryl methyl sites for hydroxylation is 1. The molecular formula is C11H12ClN5S. The van der Waals surface area contributed by atoms with Crippen LogP contribution in [0.1, 0.15) is 11.4 Å². The van der Waals surface area contributed by atoms with Gasteiger partial charge in [0.05, 0.1) is 22.6 Å². The zero-order chi connectivity index (χ0) is 12.7. The van der Waals surface area contributed by atoms with Crippen molar-refractivity contribution in [3.63, 3.8) is 0 Å². The van der Waals surface area contributed by atoms with E-state index in [0.29, 0.717) is 11.6 Å². The second kappa shape index (κ2) is 4.38. The fraction of sp³-hybridized carbons (Fsp3) is 0.273. The van der Waals surface area contributed by atoms with E-state index in [1.807, 2.05) is 18.5 Å². The number of imidazole rings is 1. The molecule has 18 heavy (non-hydrogen) atoms. The number of thiazole rings is 1. The molecule has 0 bridgehead atoms.